The van der Waals surface area contributed by atoms with Crippen LogP contribution in [0.5, 0.6) is 0 Å². The maximum absolute atomic E-state index is 13.1. The summed E-state index contributed by atoms with van der Waals surface area (Å²) in [5.41, 5.74) is 4.20. The first-order valence-electron chi connectivity index (χ1n) is 9.06. The van der Waals surface area contributed by atoms with Crippen LogP contribution in [0.3, 0.4) is 0 Å². The van der Waals surface area contributed by atoms with E-state index in [0.717, 1.165) is 49.1 Å². The summed E-state index contributed by atoms with van der Waals surface area (Å²) < 4.78 is 0. The molecule has 0 aromatic carbocycles. The first-order valence-corrected chi connectivity index (χ1v) is 9.06. The van der Waals surface area contributed by atoms with Crippen LogP contribution in [0.25, 0.3) is 0 Å². The number of rotatable bonds is 4. The Morgan fingerprint density at radius 1 is 1.31 bits per heavy atom. The number of nitrogens with one attached hydrogen (secondary N) is 2. The largest absolute Gasteiger partial charge is 0.351 e. The molecule has 0 saturated carbocycles. The Kier molecular flexibility index (Phi) is 4.40. The topological polar surface area (TPSA) is 104 Å². The van der Waals surface area contributed by atoms with Crippen LogP contribution in [-0.4, -0.2) is 43.4 Å². The molecule has 4 rings (SSSR count). The molecule has 136 valence electrons. The average molecular weight is 354 g/mol. The molecule has 2 aromatic heterocycles. The Labute approximate surface area is 151 Å². The molecule has 2 N–H and O–H groups in total. The van der Waals surface area contributed by atoms with E-state index in [4.69, 9.17) is 0 Å². The molecule has 0 radical (unpaired) electrons. The second-order valence-corrected chi connectivity index (χ2v) is 6.88. The third-order valence-electron chi connectivity index (χ3n) is 5.09. The van der Waals surface area contributed by atoms with Gasteiger partial charge in [0.1, 0.15) is 0 Å². The lowest BCUT2D eigenvalue weighted by atomic mass is 10.1. The quantitative estimate of drug-likeness (QED) is 0.861. The minimum Gasteiger partial charge on any atom is -0.351 e. The Morgan fingerprint density at radius 3 is 3.04 bits per heavy atom. The van der Waals surface area contributed by atoms with E-state index >= 15 is 0 Å². The third kappa shape index (κ3) is 3.07. The second kappa shape index (κ2) is 6.86. The fourth-order valence-corrected chi connectivity index (χ4v) is 3.83. The molecule has 3 heterocycles. The van der Waals surface area contributed by atoms with Crippen molar-refractivity contribution in [2.24, 2.45) is 0 Å². The highest BCUT2D eigenvalue weighted by Gasteiger charge is 2.35. The summed E-state index contributed by atoms with van der Waals surface area (Å²) in [6, 6.07) is -0.0963. The van der Waals surface area contributed by atoms with Gasteiger partial charge < -0.3 is 10.2 Å². The number of likely N-dealkylation sites (tertiary alicyclic amines) is 1. The maximum atomic E-state index is 13.1. The zero-order chi connectivity index (χ0) is 18.1. The van der Waals surface area contributed by atoms with Crippen molar-refractivity contribution in [2.45, 2.75) is 51.6 Å². The molecule has 0 spiro atoms. The number of aromatic amines is 1. The molecule has 2 aromatic rings. The van der Waals surface area contributed by atoms with Crippen molar-refractivity contribution in [3.63, 3.8) is 0 Å². The molecular weight excluding hydrogens is 332 g/mol. The van der Waals surface area contributed by atoms with E-state index in [1.54, 1.807) is 12.4 Å². The minimum atomic E-state index is -0.109. The lowest BCUT2D eigenvalue weighted by Gasteiger charge is -2.24. The van der Waals surface area contributed by atoms with Crippen LogP contribution in [0, 0.1) is 0 Å². The molecule has 1 unspecified atom stereocenters. The van der Waals surface area contributed by atoms with Gasteiger partial charge in [-0.3, -0.25) is 24.7 Å². The number of aromatic nitrogens is 4. The van der Waals surface area contributed by atoms with E-state index < -0.39 is 0 Å². The van der Waals surface area contributed by atoms with Crippen LogP contribution in [0.15, 0.2) is 12.4 Å². The van der Waals surface area contributed by atoms with Crippen LogP contribution in [0.1, 0.15) is 65.4 Å². The van der Waals surface area contributed by atoms with Gasteiger partial charge in [-0.05, 0) is 32.1 Å². The molecule has 26 heavy (non-hydrogen) atoms. The normalized spacial score (nSPS) is 18.8. The van der Waals surface area contributed by atoms with E-state index in [-0.39, 0.29) is 17.9 Å². The highest BCUT2D eigenvalue weighted by Crippen LogP contribution is 2.33. The zero-order valence-electron chi connectivity index (χ0n) is 14.8. The number of amides is 2. The monoisotopic (exact) mass is 354 g/mol. The van der Waals surface area contributed by atoms with E-state index in [2.05, 4.69) is 25.5 Å². The van der Waals surface area contributed by atoms with Crippen molar-refractivity contribution < 1.29 is 9.59 Å². The summed E-state index contributed by atoms with van der Waals surface area (Å²) >= 11 is 0. The molecule has 1 aliphatic heterocycles. The van der Waals surface area contributed by atoms with Gasteiger partial charge in [-0.15, -0.1) is 0 Å². The molecule has 8 nitrogen and oxygen atoms in total. The summed E-state index contributed by atoms with van der Waals surface area (Å²) in [6.45, 7) is 2.50. The van der Waals surface area contributed by atoms with Gasteiger partial charge in [-0.25, -0.2) is 0 Å². The number of carbonyl (C=O) groups is 2. The first kappa shape index (κ1) is 16.7. The van der Waals surface area contributed by atoms with E-state index in [1.165, 1.54) is 6.92 Å². The number of nitrogens with zero attached hydrogens (tertiary/aromatic N) is 4. The predicted molar refractivity (Wildman–Crippen MR) is 93.2 cm³/mol. The Balaban J connectivity index is 1.55. The second-order valence-electron chi connectivity index (χ2n) is 6.88. The average Bonchev–Trinajstić information content (AvgIpc) is 3.35. The summed E-state index contributed by atoms with van der Waals surface area (Å²) in [6.07, 6.45) is 8.10. The lowest BCUT2D eigenvalue weighted by Crippen LogP contribution is -2.32. The zero-order valence-corrected chi connectivity index (χ0v) is 14.8. The molecule has 1 fully saturated rings. The summed E-state index contributed by atoms with van der Waals surface area (Å²) in [7, 11) is 0. The summed E-state index contributed by atoms with van der Waals surface area (Å²) in [5.74, 6) is -0.136. The Morgan fingerprint density at radius 2 is 2.19 bits per heavy atom. The maximum Gasteiger partial charge on any atom is 0.275 e. The fraction of sp³-hybridized carbons (Fsp3) is 0.500. The third-order valence-corrected chi connectivity index (χ3v) is 5.09. The van der Waals surface area contributed by atoms with E-state index in [1.807, 2.05) is 4.90 Å². The van der Waals surface area contributed by atoms with Gasteiger partial charge in [0.2, 0.25) is 5.91 Å². The Hall–Kier alpha value is -2.77. The number of aryl methyl sites for hydroxylation is 1. The number of H-pyrrole nitrogens is 1. The van der Waals surface area contributed by atoms with Crippen LogP contribution >= 0.6 is 0 Å². The standard InChI is InChI=1S/C18H22N6O2/c1-11(25)20-9-12-8-19-10-15(21-12)16-6-3-7-24(16)18(26)17-13-4-2-5-14(13)22-23-17/h8,10,16H,2-7,9H2,1H3,(H,20,25)(H,22,23). The van der Waals surface area contributed by atoms with Crippen molar-refractivity contribution >= 4 is 11.8 Å². The molecule has 2 amide bonds. The molecule has 1 saturated heterocycles. The molecule has 2 aliphatic rings. The first-order chi connectivity index (χ1) is 12.6. The SMILES string of the molecule is CC(=O)NCc1cncc(C2CCCN2C(=O)c2n[nH]c3c2CCC3)n1. The van der Waals surface area contributed by atoms with E-state index in [9.17, 15) is 9.59 Å². The van der Waals surface area contributed by atoms with Gasteiger partial charge in [-0.1, -0.05) is 0 Å². The van der Waals surface area contributed by atoms with Gasteiger partial charge in [0.25, 0.3) is 5.91 Å². The molecule has 1 atom stereocenters. The van der Waals surface area contributed by atoms with Crippen molar-refractivity contribution in [1.82, 2.24) is 30.4 Å². The predicted octanol–water partition coefficient (Wildman–Crippen LogP) is 1.30. The van der Waals surface area contributed by atoms with Crippen LogP contribution in [0.2, 0.25) is 0 Å². The van der Waals surface area contributed by atoms with Crippen LogP contribution < -0.4 is 5.32 Å². The number of hydrogen-bond donors (Lipinski definition) is 2. The van der Waals surface area contributed by atoms with E-state index in [0.29, 0.717) is 24.5 Å². The lowest BCUT2D eigenvalue weighted by molar-refractivity contribution is -0.119. The van der Waals surface area contributed by atoms with Gasteiger partial charge in [-0.2, -0.15) is 5.10 Å². The fourth-order valence-electron chi connectivity index (χ4n) is 3.83. The van der Waals surface area contributed by atoms with Crippen molar-refractivity contribution in [1.29, 1.82) is 0 Å². The highest BCUT2D eigenvalue weighted by molar-refractivity contribution is 5.94. The molecule has 8 heteroatoms. The van der Waals surface area contributed by atoms with Crippen LogP contribution in [0.4, 0.5) is 0 Å². The van der Waals surface area contributed by atoms with Gasteiger partial charge in [0.05, 0.1) is 36.4 Å². The van der Waals surface area contributed by atoms with Crippen molar-refractivity contribution in [3.8, 4) is 0 Å². The minimum absolute atomic E-state index is 0.0269. The van der Waals surface area contributed by atoms with Gasteiger partial charge in [0.15, 0.2) is 5.69 Å². The van der Waals surface area contributed by atoms with Crippen molar-refractivity contribution in [3.05, 3.63) is 40.7 Å². The molecular formula is C18H22N6O2. The summed E-state index contributed by atoms with van der Waals surface area (Å²) in [5, 5.41) is 10.0. The van der Waals surface area contributed by atoms with Crippen molar-refractivity contribution in [2.75, 3.05) is 6.54 Å². The molecule has 1 aliphatic carbocycles. The van der Waals surface area contributed by atoms with Gasteiger partial charge in [0, 0.05) is 24.7 Å². The number of fused-ring (bicyclic) bond motifs is 1. The Bertz CT molecular complexity index is 846. The smallest absolute Gasteiger partial charge is 0.275 e. The highest BCUT2D eigenvalue weighted by atomic mass is 16.2. The van der Waals surface area contributed by atoms with Gasteiger partial charge >= 0.3 is 0 Å². The van der Waals surface area contributed by atoms with Crippen LogP contribution in [-0.2, 0) is 24.2 Å². The number of carbonyl (C=O) groups excluding carboxylic acids is 2. The summed E-state index contributed by atoms with van der Waals surface area (Å²) in [4.78, 5) is 34.9. The number of hydrogen-bond acceptors (Lipinski definition) is 5. The molecule has 0 bridgehead atoms.